The van der Waals surface area contributed by atoms with E-state index in [1.54, 1.807) is 0 Å². The van der Waals surface area contributed by atoms with Crippen LogP contribution in [0.3, 0.4) is 0 Å². The number of nitrogens with one attached hydrogen (secondary N) is 1. The molecule has 1 aromatic rings. The highest BCUT2D eigenvalue weighted by Crippen LogP contribution is 2.20. The van der Waals surface area contributed by atoms with E-state index >= 15 is 0 Å². The summed E-state index contributed by atoms with van der Waals surface area (Å²) >= 11 is 4.69. The fourth-order valence-corrected chi connectivity index (χ4v) is 1.62. The zero-order valence-electron chi connectivity index (χ0n) is 11.3. The first-order valence-corrected chi connectivity index (χ1v) is 6.46. The summed E-state index contributed by atoms with van der Waals surface area (Å²) in [5.74, 6) is -1.37. The number of benzene rings is 1. The molecule has 0 aliphatic heterocycles. The van der Waals surface area contributed by atoms with E-state index in [0.29, 0.717) is 19.1 Å². The van der Waals surface area contributed by atoms with Crippen molar-refractivity contribution in [3.05, 3.63) is 29.3 Å². The van der Waals surface area contributed by atoms with Crippen molar-refractivity contribution in [1.82, 2.24) is 4.90 Å². The molecule has 0 saturated carbocycles. The van der Waals surface area contributed by atoms with Crippen molar-refractivity contribution in [2.45, 2.75) is 19.9 Å². The van der Waals surface area contributed by atoms with Gasteiger partial charge in [-0.15, -0.1) is 0 Å². The largest absolute Gasteiger partial charge is 0.389 e. The Morgan fingerprint density at radius 1 is 1.37 bits per heavy atom. The van der Waals surface area contributed by atoms with E-state index in [-0.39, 0.29) is 16.2 Å². The topological polar surface area (TPSA) is 41.3 Å². The van der Waals surface area contributed by atoms with Crippen LogP contribution in [0.25, 0.3) is 0 Å². The standard InChI is InChI=1S/C13H19F2N3S/c1-8(2)18(3)5-4-17-12-10(14)6-9(13(16)19)7-11(12)15/h6-8,17H,4-5H2,1-3H3,(H2,16,19). The molecule has 0 fully saturated rings. The predicted molar refractivity (Wildman–Crippen MR) is 78.5 cm³/mol. The van der Waals surface area contributed by atoms with Gasteiger partial charge in [-0.1, -0.05) is 12.2 Å². The Labute approximate surface area is 117 Å². The highest BCUT2D eigenvalue weighted by atomic mass is 32.1. The minimum atomic E-state index is -0.685. The van der Waals surface area contributed by atoms with Crippen LogP contribution in [-0.2, 0) is 0 Å². The van der Waals surface area contributed by atoms with Gasteiger partial charge in [-0.25, -0.2) is 8.78 Å². The van der Waals surface area contributed by atoms with Crippen molar-refractivity contribution in [1.29, 1.82) is 0 Å². The summed E-state index contributed by atoms with van der Waals surface area (Å²) in [6, 6.07) is 2.66. The Morgan fingerprint density at radius 2 is 1.89 bits per heavy atom. The second-order valence-corrected chi connectivity index (χ2v) is 5.12. The molecule has 0 radical (unpaired) electrons. The van der Waals surface area contributed by atoms with Gasteiger partial charge in [0.25, 0.3) is 0 Å². The third kappa shape index (κ3) is 4.40. The molecule has 19 heavy (non-hydrogen) atoms. The lowest BCUT2D eigenvalue weighted by Gasteiger charge is -2.21. The SMILES string of the molecule is CC(C)N(C)CCNc1c(F)cc(C(N)=S)cc1F. The molecule has 6 heteroatoms. The molecular weight excluding hydrogens is 268 g/mol. The summed E-state index contributed by atoms with van der Waals surface area (Å²) in [7, 11) is 1.95. The molecule has 0 atom stereocenters. The van der Waals surface area contributed by atoms with E-state index in [4.69, 9.17) is 18.0 Å². The van der Waals surface area contributed by atoms with Gasteiger partial charge >= 0.3 is 0 Å². The minimum Gasteiger partial charge on any atom is -0.389 e. The van der Waals surface area contributed by atoms with Gasteiger partial charge in [-0.05, 0) is 33.0 Å². The molecule has 1 aromatic carbocycles. The molecule has 0 spiro atoms. The number of halogens is 2. The van der Waals surface area contributed by atoms with Crippen LogP contribution in [0, 0.1) is 11.6 Å². The van der Waals surface area contributed by atoms with Crippen molar-refractivity contribution >= 4 is 22.9 Å². The lowest BCUT2D eigenvalue weighted by atomic mass is 10.2. The van der Waals surface area contributed by atoms with Gasteiger partial charge in [0.15, 0.2) is 0 Å². The highest BCUT2D eigenvalue weighted by molar-refractivity contribution is 7.80. The molecule has 0 aliphatic carbocycles. The van der Waals surface area contributed by atoms with E-state index in [9.17, 15) is 8.78 Å². The normalized spacial score (nSPS) is 11.1. The molecule has 0 bridgehead atoms. The molecular formula is C13H19F2N3S. The van der Waals surface area contributed by atoms with Gasteiger partial charge in [0.05, 0.1) is 0 Å². The zero-order chi connectivity index (χ0) is 14.6. The van der Waals surface area contributed by atoms with Crippen LogP contribution in [0.15, 0.2) is 12.1 Å². The van der Waals surface area contributed by atoms with Crippen LogP contribution < -0.4 is 11.1 Å². The number of hydrogen-bond acceptors (Lipinski definition) is 3. The summed E-state index contributed by atoms with van der Waals surface area (Å²) in [4.78, 5) is 2.05. The first-order chi connectivity index (χ1) is 8.82. The number of nitrogens with zero attached hydrogens (tertiary/aromatic N) is 1. The zero-order valence-corrected chi connectivity index (χ0v) is 12.2. The van der Waals surface area contributed by atoms with Gasteiger partial charge in [0.2, 0.25) is 0 Å². The van der Waals surface area contributed by atoms with Gasteiger partial charge in [-0.3, -0.25) is 0 Å². The summed E-state index contributed by atoms with van der Waals surface area (Å²) in [5.41, 5.74) is 5.39. The van der Waals surface area contributed by atoms with Gasteiger partial charge in [-0.2, -0.15) is 0 Å². The van der Waals surface area contributed by atoms with Crippen molar-refractivity contribution in [3.8, 4) is 0 Å². The average molecular weight is 287 g/mol. The smallest absolute Gasteiger partial charge is 0.150 e. The van der Waals surface area contributed by atoms with Crippen LogP contribution >= 0.6 is 12.2 Å². The lowest BCUT2D eigenvalue weighted by Crippen LogP contribution is -2.31. The first kappa shape index (κ1) is 15.8. The molecule has 3 nitrogen and oxygen atoms in total. The van der Waals surface area contributed by atoms with Gasteiger partial charge in [0.1, 0.15) is 22.3 Å². The number of anilines is 1. The summed E-state index contributed by atoms with van der Waals surface area (Å²) in [6.45, 7) is 5.25. The molecule has 0 heterocycles. The fraction of sp³-hybridized carbons (Fsp3) is 0.462. The third-order valence-corrected chi connectivity index (χ3v) is 3.21. The maximum Gasteiger partial charge on any atom is 0.150 e. The molecule has 106 valence electrons. The summed E-state index contributed by atoms with van der Waals surface area (Å²) in [6.07, 6.45) is 0. The second-order valence-electron chi connectivity index (χ2n) is 4.68. The maximum atomic E-state index is 13.7. The molecule has 3 N–H and O–H groups in total. The van der Waals surface area contributed by atoms with Gasteiger partial charge in [0, 0.05) is 24.7 Å². The van der Waals surface area contributed by atoms with E-state index < -0.39 is 11.6 Å². The number of nitrogens with two attached hydrogens (primary N) is 1. The Balaban J connectivity index is 2.72. The van der Waals surface area contributed by atoms with Crippen molar-refractivity contribution in [3.63, 3.8) is 0 Å². The molecule has 0 aliphatic rings. The van der Waals surface area contributed by atoms with E-state index in [2.05, 4.69) is 24.1 Å². The molecule has 0 unspecified atom stereocenters. The number of hydrogen-bond donors (Lipinski definition) is 2. The molecule has 0 amide bonds. The minimum absolute atomic E-state index is 0.0242. The van der Waals surface area contributed by atoms with Crippen LogP contribution in [0.5, 0.6) is 0 Å². The van der Waals surface area contributed by atoms with Crippen molar-refractivity contribution < 1.29 is 8.78 Å². The van der Waals surface area contributed by atoms with Crippen LogP contribution in [0.1, 0.15) is 19.4 Å². The first-order valence-electron chi connectivity index (χ1n) is 6.06. The van der Waals surface area contributed by atoms with E-state index in [0.717, 1.165) is 12.1 Å². The highest BCUT2D eigenvalue weighted by Gasteiger charge is 2.12. The average Bonchev–Trinajstić information content (AvgIpc) is 2.31. The van der Waals surface area contributed by atoms with E-state index in [1.807, 2.05) is 7.05 Å². The van der Waals surface area contributed by atoms with Crippen LogP contribution in [-0.4, -0.2) is 36.1 Å². The third-order valence-electron chi connectivity index (χ3n) is 2.97. The Morgan fingerprint density at radius 3 is 2.32 bits per heavy atom. The second kappa shape index (κ2) is 6.77. The molecule has 1 rings (SSSR count). The summed E-state index contributed by atoms with van der Waals surface area (Å²) < 4.78 is 27.4. The predicted octanol–water partition coefficient (Wildman–Crippen LogP) is 2.35. The quantitative estimate of drug-likeness (QED) is 0.788. The maximum absolute atomic E-state index is 13.7. The lowest BCUT2D eigenvalue weighted by molar-refractivity contribution is 0.284. The van der Waals surface area contributed by atoms with Crippen LogP contribution in [0.2, 0.25) is 0 Å². The Bertz CT molecular complexity index is 440. The number of likely N-dealkylation sites (N-methyl/N-ethyl adjacent to an activating group) is 1. The van der Waals surface area contributed by atoms with Crippen LogP contribution in [0.4, 0.5) is 14.5 Å². The number of thiocarbonyl (C=S) groups is 1. The monoisotopic (exact) mass is 287 g/mol. The van der Waals surface area contributed by atoms with Gasteiger partial charge < -0.3 is 16.0 Å². The van der Waals surface area contributed by atoms with Crippen molar-refractivity contribution in [2.24, 2.45) is 5.73 Å². The molecule has 0 saturated heterocycles. The Hall–Kier alpha value is -1.27. The van der Waals surface area contributed by atoms with E-state index in [1.165, 1.54) is 0 Å². The number of rotatable bonds is 6. The Kier molecular flexibility index (Phi) is 5.62. The fourth-order valence-electron chi connectivity index (χ4n) is 1.50. The molecule has 0 aromatic heterocycles. The summed E-state index contributed by atoms with van der Waals surface area (Å²) in [5, 5.41) is 2.76. The van der Waals surface area contributed by atoms with Crippen molar-refractivity contribution in [2.75, 3.05) is 25.5 Å².